The molecular formula is C15H23BrN2O. The molecule has 0 aliphatic heterocycles. The molecule has 1 spiro atoms. The molecule has 0 N–H and O–H groups in total. The summed E-state index contributed by atoms with van der Waals surface area (Å²) in [6, 6.07) is 0. The van der Waals surface area contributed by atoms with Crippen molar-refractivity contribution in [3.8, 4) is 5.75 Å². The molecule has 106 valence electrons. The van der Waals surface area contributed by atoms with Crippen molar-refractivity contribution < 1.29 is 4.74 Å². The third-order valence-corrected chi connectivity index (χ3v) is 6.22. The van der Waals surface area contributed by atoms with Crippen molar-refractivity contribution in [2.24, 2.45) is 5.41 Å². The van der Waals surface area contributed by atoms with Gasteiger partial charge in [0.1, 0.15) is 6.10 Å². The lowest BCUT2D eigenvalue weighted by Gasteiger charge is -2.53. The first-order chi connectivity index (χ1) is 9.24. The molecule has 0 radical (unpaired) electrons. The summed E-state index contributed by atoms with van der Waals surface area (Å²) in [5.41, 5.74) is 0.380. The molecule has 1 aromatic rings. The van der Waals surface area contributed by atoms with Crippen molar-refractivity contribution in [3.63, 3.8) is 0 Å². The number of ether oxygens (including phenoxy) is 1. The Bertz CT molecular complexity index is 424. The van der Waals surface area contributed by atoms with E-state index in [-0.39, 0.29) is 0 Å². The van der Waals surface area contributed by atoms with Gasteiger partial charge in [0, 0.05) is 16.8 Å². The maximum atomic E-state index is 6.24. The number of hydrogen-bond acceptors (Lipinski definition) is 2. The Morgan fingerprint density at radius 1 is 1.37 bits per heavy atom. The molecule has 2 atom stereocenters. The molecule has 2 unspecified atom stereocenters. The minimum atomic E-state index is 0.379. The van der Waals surface area contributed by atoms with Crippen molar-refractivity contribution in [3.05, 3.63) is 12.4 Å². The number of aromatic nitrogens is 2. The molecule has 1 aromatic heterocycles. The Labute approximate surface area is 123 Å². The molecule has 0 aromatic carbocycles. The third kappa shape index (κ3) is 2.44. The normalized spacial score (nSPS) is 29.8. The Kier molecular flexibility index (Phi) is 3.88. The highest BCUT2D eigenvalue weighted by Gasteiger charge is 2.55. The van der Waals surface area contributed by atoms with E-state index < -0.39 is 0 Å². The second-order valence-corrected chi connectivity index (χ2v) is 7.09. The van der Waals surface area contributed by atoms with E-state index in [1.807, 2.05) is 17.1 Å². The zero-order valence-corrected chi connectivity index (χ0v) is 13.2. The van der Waals surface area contributed by atoms with E-state index in [0.29, 0.717) is 16.3 Å². The van der Waals surface area contributed by atoms with Crippen LogP contribution in [0.1, 0.15) is 51.9 Å². The van der Waals surface area contributed by atoms with E-state index in [4.69, 9.17) is 4.74 Å². The maximum absolute atomic E-state index is 6.24. The van der Waals surface area contributed by atoms with Crippen LogP contribution < -0.4 is 4.74 Å². The molecule has 0 saturated heterocycles. The summed E-state index contributed by atoms with van der Waals surface area (Å²) in [7, 11) is 0. The summed E-state index contributed by atoms with van der Waals surface area (Å²) in [5.74, 6) is 0.940. The summed E-state index contributed by atoms with van der Waals surface area (Å²) in [5, 5.41) is 4.30. The summed E-state index contributed by atoms with van der Waals surface area (Å²) in [6.45, 7) is 3.00. The highest BCUT2D eigenvalue weighted by molar-refractivity contribution is 9.09. The first-order valence-corrected chi connectivity index (χ1v) is 8.49. The van der Waals surface area contributed by atoms with Gasteiger partial charge in [-0.25, -0.2) is 0 Å². The number of rotatable bonds is 3. The predicted octanol–water partition coefficient (Wildman–Crippen LogP) is 4.16. The molecule has 0 amide bonds. The Hall–Kier alpha value is -0.510. The molecular weight excluding hydrogens is 304 g/mol. The van der Waals surface area contributed by atoms with Crippen LogP contribution in [0.25, 0.3) is 0 Å². The number of nitrogens with zero attached hydrogens (tertiary/aromatic N) is 2. The summed E-state index contributed by atoms with van der Waals surface area (Å²) < 4.78 is 8.17. The number of hydrogen-bond donors (Lipinski definition) is 0. The fraction of sp³-hybridized carbons (Fsp3) is 0.800. The average molecular weight is 327 g/mol. The van der Waals surface area contributed by atoms with E-state index in [0.717, 1.165) is 18.7 Å². The van der Waals surface area contributed by atoms with Gasteiger partial charge in [-0.2, -0.15) is 5.10 Å². The van der Waals surface area contributed by atoms with Gasteiger partial charge < -0.3 is 4.74 Å². The first-order valence-electron chi connectivity index (χ1n) is 7.58. The van der Waals surface area contributed by atoms with Gasteiger partial charge in [0.05, 0.1) is 12.4 Å². The topological polar surface area (TPSA) is 27.1 Å². The fourth-order valence-electron chi connectivity index (χ4n) is 3.63. The molecule has 4 heteroatoms. The van der Waals surface area contributed by atoms with Gasteiger partial charge in [-0.15, -0.1) is 0 Å². The number of alkyl halides is 1. The van der Waals surface area contributed by atoms with Gasteiger partial charge in [-0.3, -0.25) is 4.68 Å². The van der Waals surface area contributed by atoms with Crippen LogP contribution >= 0.6 is 15.9 Å². The lowest BCUT2D eigenvalue weighted by atomic mass is 9.61. The van der Waals surface area contributed by atoms with Gasteiger partial charge in [-0.1, -0.05) is 41.6 Å². The largest absolute Gasteiger partial charge is 0.486 e. The van der Waals surface area contributed by atoms with Gasteiger partial charge in [0.2, 0.25) is 0 Å². The van der Waals surface area contributed by atoms with Crippen LogP contribution in [0.3, 0.4) is 0 Å². The molecule has 0 bridgehead atoms. The standard InChI is InChI=1S/C15H23BrN2O/c1-2-18-11-12(10-17-18)19-14-9-13(16)15(14)7-5-3-4-6-8-15/h10-11,13-14H,2-9H2,1H3. The SMILES string of the molecule is CCn1cc(OC2CC(Br)C23CCCCCC3)cn1. The summed E-state index contributed by atoms with van der Waals surface area (Å²) in [4.78, 5) is 0.643. The predicted molar refractivity (Wildman–Crippen MR) is 79.8 cm³/mol. The van der Waals surface area contributed by atoms with Gasteiger partial charge in [0.15, 0.2) is 5.75 Å². The van der Waals surface area contributed by atoms with Crippen molar-refractivity contribution in [1.82, 2.24) is 9.78 Å². The van der Waals surface area contributed by atoms with Crippen LogP contribution in [0.5, 0.6) is 5.75 Å². The second kappa shape index (κ2) is 5.47. The number of aryl methyl sites for hydroxylation is 1. The lowest BCUT2D eigenvalue weighted by molar-refractivity contribution is -0.0462. The molecule has 1 heterocycles. The fourth-order valence-corrected chi connectivity index (χ4v) is 4.72. The van der Waals surface area contributed by atoms with Crippen molar-refractivity contribution in [1.29, 1.82) is 0 Å². The first kappa shape index (κ1) is 13.5. The summed E-state index contributed by atoms with van der Waals surface area (Å²) in [6.07, 6.45) is 13.5. The Balaban J connectivity index is 1.70. The lowest BCUT2D eigenvalue weighted by Crippen LogP contribution is -2.56. The minimum Gasteiger partial charge on any atom is -0.486 e. The monoisotopic (exact) mass is 326 g/mol. The minimum absolute atomic E-state index is 0.379. The molecule has 2 aliphatic carbocycles. The van der Waals surface area contributed by atoms with Crippen LogP contribution in [-0.4, -0.2) is 20.7 Å². The van der Waals surface area contributed by atoms with Crippen LogP contribution in [0.4, 0.5) is 0 Å². The molecule has 19 heavy (non-hydrogen) atoms. The van der Waals surface area contributed by atoms with E-state index in [1.54, 1.807) is 0 Å². The zero-order chi connectivity index (χ0) is 13.3. The second-order valence-electron chi connectivity index (χ2n) is 5.99. The van der Waals surface area contributed by atoms with Crippen LogP contribution in [0.2, 0.25) is 0 Å². The zero-order valence-electron chi connectivity index (χ0n) is 11.6. The summed E-state index contributed by atoms with van der Waals surface area (Å²) >= 11 is 3.89. The average Bonchev–Trinajstić information content (AvgIpc) is 2.71. The molecule has 2 saturated carbocycles. The van der Waals surface area contributed by atoms with Crippen LogP contribution in [0.15, 0.2) is 12.4 Å². The van der Waals surface area contributed by atoms with E-state index in [1.165, 1.54) is 38.5 Å². The maximum Gasteiger partial charge on any atom is 0.157 e. The molecule has 2 fully saturated rings. The molecule has 3 rings (SSSR count). The third-order valence-electron chi connectivity index (χ3n) is 4.93. The molecule has 2 aliphatic rings. The number of halogens is 1. The molecule has 3 nitrogen and oxygen atoms in total. The van der Waals surface area contributed by atoms with Crippen LogP contribution in [0, 0.1) is 5.41 Å². The highest BCUT2D eigenvalue weighted by atomic mass is 79.9. The highest BCUT2D eigenvalue weighted by Crippen LogP contribution is 2.55. The van der Waals surface area contributed by atoms with Crippen molar-refractivity contribution in [2.45, 2.75) is 69.3 Å². The Morgan fingerprint density at radius 3 is 2.68 bits per heavy atom. The van der Waals surface area contributed by atoms with E-state index in [9.17, 15) is 0 Å². The van der Waals surface area contributed by atoms with Gasteiger partial charge in [-0.05, 0) is 26.2 Å². The quantitative estimate of drug-likeness (QED) is 0.780. The van der Waals surface area contributed by atoms with E-state index in [2.05, 4.69) is 28.0 Å². The van der Waals surface area contributed by atoms with Crippen molar-refractivity contribution >= 4 is 15.9 Å². The van der Waals surface area contributed by atoms with E-state index >= 15 is 0 Å². The van der Waals surface area contributed by atoms with Crippen molar-refractivity contribution in [2.75, 3.05) is 0 Å². The van der Waals surface area contributed by atoms with Gasteiger partial charge >= 0.3 is 0 Å². The van der Waals surface area contributed by atoms with Gasteiger partial charge in [0.25, 0.3) is 0 Å². The smallest absolute Gasteiger partial charge is 0.157 e. The van der Waals surface area contributed by atoms with Crippen LogP contribution in [-0.2, 0) is 6.54 Å². The Morgan fingerprint density at radius 2 is 2.11 bits per heavy atom.